The molecule has 0 amide bonds. The Hall–Kier alpha value is -0.206. The van der Waals surface area contributed by atoms with Crippen LogP contribution in [0.25, 0.3) is 0 Å². The summed E-state index contributed by atoms with van der Waals surface area (Å²) in [6.45, 7) is 24.7. The van der Waals surface area contributed by atoms with E-state index in [1.165, 1.54) is 19.3 Å². The Morgan fingerprint density at radius 3 is 2.00 bits per heavy atom. The Kier molecular flexibility index (Phi) is 11.4. The molecule has 148 valence electrons. The second-order valence-corrected chi connectivity index (χ2v) is 14.9. The fourth-order valence-electron chi connectivity index (χ4n) is 2.88. The van der Waals surface area contributed by atoms with E-state index in [0.717, 1.165) is 19.4 Å². The zero-order valence-corrected chi connectivity index (χ0v) is 19.8. The molecule has 0 aromatic rings. The van der Waals surface area contributed by atoms with E-state index in [0.29, 0.717) is 17.9 Å². The van der Waals surface area contributed by atoms with Crippen molar-refractivity contribution >= 4 is 17.1 Å². The van der Waals surface area contributed by atoms with Crippen LogP contribution in [-0.4, -0.2) is 30.3 Å². The van der Waals surface area contributed by atoms with E-state index in [1.54, 1.807) is 0 Å². The molecule has 5 heteroatoms. The molecule has 0 rings (SSSR count). The molecule has 0 heterocycles. The normalized spacial score (nSPS) is 18.2. The third-order valence-electron chi connectivity index (χ3n) is 4.15. The lowest BCUT2D eigenvalue weighted by atomic mass is 9.86. The highest BCUT2D eigenvalue weighted by Crippen LogP contribution is 2.26. The molecular formula is C20H42O3Si2. The Morgan fingerprint density at radius 1 is 0.960 bits per heavy atom. The molecule has 3 unspecified atom stereocenters. The quantitative estimate of drug-likeness (QED) is 0.259. The highest BCUT2D eigenvalue weighted by Gasteiger charge is 2.40. The van der Waals surface area contributed by atoms with E-state index in [9.17, 15) is 0 Å². The average Bonchev–Trinajstić information content (AvgIpc) is 2.51. The van der Waals surface area contributed by atoms with Crippen LogP contribution in [0, 0.1) is 11.3 Å². The van der Waals surface area contributed by atoms with Crippen LogP contribution in [0.5, 0.6) is 0 Å². The van der Waals surface area contributed by atoms with Crippen molar-refractivity contribution in [2.24, 2.45) is 11.3 Å². The van der Waals surface area contributed by atoms with Crippen LogP contribution in [0.15, 0.2) is 24.6 Å². The van der Waals surface area contributed by atoms with E-state index in [4.69, 9.17) is 13.0 Å². The van der Waals surface area contributed by atoms with Gasteiger partial charge in [-0.2, -0.15) is 0 Å². The van der Waals surface area contributed by atoms with Crippen LogP contribution in [0.4, 0.5) is 0 Å². The molecule has 25 heavy (non-hydrogen) atoms. The van der Waals surface area contributed by atoms with Crippen LogP contribution in [0.1, 0.15) is 66.7 Å². The molecule has 0 aromatic heterocycles. The summed E-state index contributed by atoms with van der Waals surface area (Å²) in [5.41, 5.74) is 4.04. The Bertz CT molecular complexity index is 395. The molecule has 3 atom stereocenters. The standard InChI is InChI=1S/C20H42O3Si2/c1-10-13-14-15-16-21-24(8,11-2)23-25(9,12-3)22-18-19(4)17-20(5,6)7/h11-12,19H,2-3,10,13-18H2,1,4-9H3. The van der Waals surface area contributed by atoms with Crippen molar-refractivity contribution in [2.45, 2.75) is 79.8 Å². The average molecular weight is 387 g/mol. The minimum atomic E-state index is -2.46. The van der Waals surface area contributed by atoms with Crippen molar-refractivity contribution in [3.63, 3.8) is 0 Å². The van der Waals surface area contributed by atoms with Crippen molar-refractivity contribution in [3.05, 3.63) is 24.6 Å². The van der Waals surface area contributed by atoms with E-state index >= 15 is 0 Å². The summed E-state index contributed by atoms with van der Waals surface area (Å²) in [6, 6.07) is 0. The zero-order chi connectivity index (χ0) is 19.6. The lowest BCUT2D eigenvalue weighted by Gasteiger charge is -2.34. The molecule has 0 fully saturated rings. The number of rotatable bonds is 14. The SMILES string of the molecule is C=C[Si](C)(OCCCCCC)O[Si](C)(C=C)OCC(C)CC(C)(C)C. The molecule has 0 aliphatic carbocycles. The smallest absolute Gasteiger partial charge is 0.352 e. The van der Waals surface area contributed by atoms with Gasteiger partial charge in [0.1, 0.15) is 0 Å². The molecule has 0 saturated carbocycles. The van der Waals surface area contributed by atoms with Gasteiger partial charge in [-0.3, -0.25) is 0 Å². The van der Waals surface area contributed by atoms with Gasteiger partial charge >= 0.3 is 17.1 Å². The van der Waals surface area contributed by atoms with Crippen molar-refractivity contribution in [2.75, 3.05) is 13.2 Å². The third kappa shape index (κ3) is 11.9. The summed E-state index contributed by atoms with van der Waals surface area (Å²) in [7, 11) is -4.89. The van der Waals surface area contributed by atoms with Crippen LogP contribution >= 0.6 is 0 Å². The molecule has 3 nitrogen and oxygen atoms in total. The predicted molar refractivity (Wildman–Crippen MR) is 114 cm³/mol. The second-order valence-electron chi connectivity index (χ2n) is 8.63. The topological polar surface area (TPSA) is 27.7 Å². The van der Waals surface area contributed by atoms with Crippen LogP contribution in [0.2, 0.25) is 13.1 Å². The molecule has 0 aromatic carbocycles. The molecule has 0 saturated heterocycles. The minimum Gasteiger partial charge on any atom is -0.409 e. The second kappa shape index (κ2) is 11.5. The first-order valence-corrected chi connectivity index (χ1v) is 14.5. The summed E-state index contributed by atoms with van der Waals surface area (Å²) in [4.78, 5) is 0. The Labute approximate surface area is 159 Å². The maximum absolute atomic E-state index is 6.41. The van der Waals surface area contributed by atoms with Gasteiger partial charge in [0, 0.05) is 13.2 Å². The zero-order valence-electron chi connectivity index (χ0n) is 17.8. The molecule has 0 N–H and O–H groups in total. The van der Waals surface area contributed by atoms with Gasteiger partial charge in [0.25, 0.3) is 0 Å². The Morgan fingerprint density at radius 2 is 1.52 bits per heavy atom. The van der Waals surface area contributed by atoms with Crippen LogP contribution < -0.4 is 0 Å². The van der Waals surface area contributed by atoms with Crippen LogP contribution in [0.3, 0.4) is 0 Å². The summed E-state index contributed by atoms with van der Waals surface area (Å²) >= 11 is 0. The monoisotopic (exact) mass is 386 g/mol. The molecule has 0 bridgehead atoms. The largest absolute Gasteiger partial charge is 0.409 e. The van der Waals surface area contributed by atoms with E-state index < -0.39 is 17.1 Å². The van der Waals surface area contributed by atoms with E-state index in [2.05, 4.69) is 60.9 Å². The lowest BCUT2D eigenvalue weighted by Crippen LogP contribution is -2.51. The maximum atomic E-state index is 6.41. The van der Waals surface area contributed by atoms with E-state index in [-0.39, 0.29) is 0 Å². The number of hydrogen-bond acceptors (Lipinski definition) is 3. The summed E-state index contributed by atoms with van der Waals surface area (Å²) in [5, 5.41) is 0. The van der Waals surface area contributed by atoms with Gasteiger partial charge in [0.05, 0.1) is 0 Å². The fourth-order valence-corrected chi connectivity index (χ4v) is 8.64. The van der Waals surface area contributed by atoms with Gasteiger partial charge in [-0.1, -0.05) is 65.3 Å². The van der Waals surface area contributed by atoms with Gasteiger partial charge in [-0.15, -0.1) is 13.2 Å². The third-order valence-corrected chi connectivity index (χ3v) is 10.4. The summed E-state index contributed by atoms with van der Waals surface area (Å²) < 4.78 is 18.8. The van der Waals surface area contributed by atoms with Crippen LogP contribution in [-0.2, 0) is 13.0 Å². The lowest BCUT2D eigenvalue weighted by molar-refractivity contribution is 0.161. The van der Waals surface area contributed by atoms with Gasteiger partial charge in [0.2, 0.25) is 0 Å². The molecule has 0 spiro atoms. The highest BCUT2D eigenvalue weighted by atomic mass is 28.5. The first kappa shape index (κ1) is 24.8. The van der Waals surface area contributed by atoms with Gasteiger partial charge in [-0.05, 0) is 37.3 Å². The van der Waals surface area contributed by atoms with Gasteiger partial charge in [0.15, 0.2) is 0 Å². The van der Waals surface area contributed by atoms with Crippen molar-refractivity contribution < 1.29 is 13.0 Å². The molecule has 0 radical (unpaired) electrons. The van der Waals surface area contributed by atoms with Gasteiger partial charge in [-0.25, -0.2) is 0 Å². The highest BCUT2D eigenvalue weighted by molar-refractivity contribution is 6.84. The maximum Gasteiger partial charge on any atom is 0.352 e. The predicted octanol–water partition coefficient (Wildman–Crippen LogP) is 6.28. The molecule has 0 aliphatic rings. The summed E-state index contributed by atoms with van der Waals surface area (Å²) in [5.74, 6) is 0.488. The summed E-state index contributed by atoms with van der Waals surface area (Å²) in [6.07, 6.45) is 5.89. The number of unbranched alkanes of at least 4 members (excludes halogenated alkanes) is 3. The van der Waals surface area contributed by atoms with Crippen molar-refractivity contribution in [3.8, 4) is 0 Å². The molecular weight excluding hydrogens is 344 g/mol. The first-order chi connectivity index (χ1) is 11.5. The van der Waals surface area contributed by atoms with Crippen molar-refractivity contribution in [1.29, 1.82) is 0 Å². The Balaban J connectivity index is 4.60. The fraction of sp³-hybridized carbons (Fsp3) is 0.800. The first-order valence-electron chi connectivity index (χ1n) is 9.74. The van der Waals surface area contributed by atoms with E-state index in [1.807, 2.05) is 11.4 Å². The minimum absolute atomic E-state index is 0.307. The molecule has 0 aliphatic heterocycles. The van der Waals surface area contributed by atoms with Crippen molar-refractivity contribution in [1.82, 2.24) is 0 Å². The van der Waals surface area contributed by atoms with Gasteiger partial charge < -0.3 is 13.0 Å². The number of hydrogen-bond donors (Lipinski definition) is 0.